The van der Waals surface area contributed by atoms with E-state index in [2.05, 4.69) is 5.32 Å². The Morgan fingerprint density at radius 3 is 2.60 bits per heavy atom. The quantitative estimate of drug-likeness (QED) is 0.887. The molecule has 1 aliphatic heterocycles. The number of nitrogens with one attached hydrogen (secondary N) is 1. The summed E-state index contributed by atoms with van der Waals surface area (Å²) in [6, 6.07) is 5.37. The summed E-state index contributed by atoms with van der Waals surface area (Å²) >= 11 is 0. The Morgan fingerprint density at radius 2 is 2.00 bits per heavy atom. The molecule has 0 fully saturated rings. The summed E-state index contributed by atoms with van der Waals surface area (Å²) in [5, 5.41) is 2.89. The van der Waals surface area contributed by atoms with Gasteiger partial charge in [0.25, 0.3) is 0 Å². The zero-order chi connectivity index (χ0) is 15.0. The minimum Gasteiger partial charge on any atom is -0.449 e. The first-order valence-corrected chi connectivity index (χ1v) is 6.83. The second-order valence-corrected chi connectivity index (χ2v) is 5.84. The van der Waals surface area contributed by atoms with Gasteiger partial charge in [-0.2, -0.15) is 0 Å². The minimum atomic E-state index is -0.667. The van der Waals surface area contributed by atoms with Crippen LogP contribution in [0.1, 0.15) is 34.1 Å². The maximum atomic E-state index is 12.3. The molecule has 20 heavy (non-hydrogen) atoms. The van der Waals surface area contributed by atoms with Crippen LogP contribution < -0.4 is 20.5 Å². The molecule has 1 aromatic rings. The van der Waals surface area contributed by atoms with Crippen molar-refractivity contribution < 1.29 is 14.3 Å². The Morgan fingerprint density at radius 1 is 1.35 bits per heavy atom. The van der Waals surface area contributed by atoms with E-state index in [1.165, 1.54) is 0 Å². The highest BCUT2D eigenvalue weighted by molar-refractivity contribution is 5.95. The molecule has 5 heteroatoms. The smallest absolute Gasteiger partial charge is 0.246 e. The van der Waals surface area contributed by atoms with Gasteiger partial charge in [-0.15, -0.1) is 0 Å². The van der Waals surface area contributed by atoms with Crippen LogP contribution in [0.4, 0.5) is 5.69 Å². The van der Waals surface area contributed by atoms with Crippen molar-refractivity contribution in [1.29, 1.82) is 0 Å². The minimum absolute atomic E-state index is 0.0828. The first-order valence-electron chi connectivity index (χ1n) is 6.83. The number of benzene rings is 1. The predicted molar refractivity (Wildman–Crippen MR) is 77.9 cm³/mol. The van der Waals surface area contributed by atoms with Gasteiger partial charge in [-0.1, -0.05) is 6.92 Å². The highest BCUT2D eigenvalue weighted by Gasteiger charge is 2.33. The fourth-order valence-corrected chi connectivity index (χ4v) is 1.98. The number of nitrogens with two attached hydrogens (primary N) is 1. The Labute approximate surface area is 119 Å². The third-order valence-corrected chi connectivity index (χ3v) is 3.69. The third-order valence-electron chi connectivity index (χ3n) is 3.69. The molecule has 1 amide bonds. The maximum Gasteiger partial charge on any atom is 0.246 e. The Bertz CT molecular complexity index is 522. The lowest BCUT2D eigenvalue weighted by Gasteiger charge is -2.24. The van der Waals surface area contributed by atoms with E-state index in [0.29, 0.717) is 30.2 Å². The van der Waals surface area contributed by atoms with Crippen LogP contribution in [0.15, 0.2) is 18.2 Å². The van der Waals surface area contributed by atoms with E-state index in [4.69, 9.17) is 15.2 Å². The molecule has 1 unspecified atom stereocenters. The standard InChI is InChI=1S/C15H22N2O3/c1-5-15(4,9-16)13(18)17-10-6-7-11-12(8-10)20-14(2,3)19-11/h6-8H,5,9,16H2,1-4H3,(H,17,18). The number of hydrogen-bond donors (Lipinski definition) is 2. The molecule has 1 aliphatic rings. The first kappa shape index (κ1) is 14.7. The van der Waals surface area contributed by atoms with E-state index in [0.717, 1.165) is 0 Å². The number of fused-ring (bicyclic) bond motifs is 1. The van der Waals surface area contributed by atoms with E-state index in [1.807, 2.05) is 27.7 Å². The second kappa shape index (κ2) is 4.98. The molecule has 5 nitrogen and oxygen atoms in total. The largest absolute Gasteiger partial charge is 0.449 e. The zero-order valence-electron chi connectivity index (χ0n) is 12.4. The van der Waals surface area contributed by atoms with Gasteiger partial charge in [-0.25, -0.2) is 0 Å². The molecule has 0 spiro atoms. The van der Waals surface area contributed by atoms with Crippen molar-refractivity contribution >= 4 is 11.6 Å². The van der Waals surface area contributed by atoms with Crippen LogP contribution in [0.5, 0.6) is 11.5 Å². The van der Waals surface area contributed by atoms with Crippen LogP contribution in [-0.2, 0) is 4.79 Å². The van der Waals surface area contributed by atoms with Crippen LogP contribution in [0.25, 0.3) is 0 Å². The SMILES string of the molecule is CCC(C)(CN)C(=O)Nc1ccc2c(c1)OC(C)(C)O2. The van der Waals surface area contributed by atoms with Crippen molar-refractivity contribution in [3.8, 4) is 11.5 Å². The van der Waals surface area contributed by atoms with Gasteiger partial charge >= 0.3 is 0 Å². The van der Waals surface area contributed by atoms with Crippen molar-refractivity contribution in [3.05, 3.63) is 18.2 Å². The third kappa shape index (κ3) is 2.72. The summed E-state index contributed by atoms with van der Waals surface area (Å²) in [6.07, 6.45) is 0.687. The van der Waals surface area contributed by atoms with Crippen molar-refractivity contribution in [3.63, 3.8) is 0 Å². The van der Waals surface area contributed by atoms with Gasteiger partial charge in [0.05, 0.1) is 5.41 Å². The summed E-state index contributed by atoms with van der Waals surface area (Å²) < 4.78 is 11.3. The highest BCUT2D eigenvalue weighted by atomic mass is 16.7. The van der Waals surface area contributed by atoms with Crippen molar-refractivity contribution in [2.45, 2.75) is 39.9 Å². The van der Waals surface area contributed by atoms with Gasteiger partial charge in [0.2, 0.25) is 11.7 Å². The van der Waals surface area contributed by atoms with E-state index >= 15 is 0 Å². The zero-order valence-corrected chi connectivity index (χ0v) is 12.4. The molecule has 110 valence electrons. The van der Waals surface area contributed by atoms with Crippen molar-refractivity contribution in [2.75, 3.05) is 11.9 Å². The lowest BCUT2D eigenvalue weighted by Crippen LogP contribution is -2.39. The van der Waals surface area contributed by atoms with Gasteiger partial charge in [0.1, 0.15) is 0 Å². The molecule has 0 saturated heterocycles. The number of hydrogen-bond acceptors (Lipinski definition) is 4. The van der Waals surface area contributed by atoms with Crippen LogP contribution in [0.3, 0.4) is 0 Å². The molecular weight excluding hydrogens is 256 g/mol. The average Bonchev–Trinajstić information content (AvgIpc) is 2.70. The topological polar surface area (TPSA) is 73.6 Å². The number of carbonyl (C=O) groups excluding carboxylic acids is 1. The van der Waals surface area contributed by atoms with Gasteiger partial charge < -0.3 is 20.5 Å². The lowest BCUT2D eigenvalue weighted by atomic mass is 9.86. The van der Waals surface area contributed by atoms with Crippen LogP contribution >= 0.6 is 0 Å². The van der Waals surface area contributed by atoms with E-state index in [9.17, 15) is 4.79 Å². The van der Waals surface area contributed by atoms with Gasteiger partial charge in [0, 0.05) is 32.1 Å². The predicted octanol–water partition coefficient (Wildman–Crippen LogP) is 2.51. The first-order chi connectivity index (χ1) is 9.29. The molecule has 0 bridgehead atoms. The Kier molecular flexibility index (Phi) is 3.65. The van der Waals surface area contributed by atoms with E-state index in [1.54, 1.807) is 18.2 Å². The second-order valence-electron chi connectivity index (χ2n) is 5.84. The summed E-state index contributed by atoms with van der Waals surface area (Å²) in [7, 11) is 0. The average molecular weight is 278 g/mol. The fraction of sp³-hybridized carbons (Fsp3) is 0.533. The van der Waals surface area contributed by atoms with Crippen LogP contribution in [0, 0.1) is 5.41 Å². The van der Waals surface area contributed by atoms with Gasteiger partial charge in [-0.05, 0) is 25.5 Å². The van der Waals surface area contributed by atoms with Gasteiger partial charge in [-0.3, -0.25) is 4.79 Å². The molecule has 3 N–H and O–H groups in total. The molecule has 1 heterocycles. The number of amides is 1. The Hall–Kier alpha value is -1.75. The summed E-state index contributed by atoms with van der Waals surface area (Å²) in [4.78, 5) is 12.3. The molecule has 2 rings (SSSR count). The molecule has 1 aromatic carbocycles. The van der Waals surface area contributed by atoms with Crippen LogP contribution in [-0.4, -0.2) is 18.2 Å². The van der Waals surface area contributed by atoms with Crippen molar-refractivity contribution in [1.82, 2.24) is 0 Å². The van der Waals surface area contributed by atoms with E-state index in [-0.39, 0.29) is 5.91 Å². The fourth-order valence-electron chi connectivity index (χ4n) is 1.98. The molecule has 1 atom stereocenters. The number of anilines is 1. The summed E-state index contributed by atoms with van der Waals surface area (Å²) in [5.74, 6) is 0.574. The normalized spacial score (nSPS) is 18.4. The monoisotopic (exact) mass is 278 g/mol. The van der Waals surface area contributed by atoms with E-state index < -0.39 is 11.2 Å². The Balaban J connectivity index is 2.15. The number of carbonyl (C=O) groups is 1. The maximum absolute atomic E-state index is 12.3. The summed E-state index contributed by atoms with van der Waals surface area (Å²) in [6.45, 7) is 7.81. The molecular formula is C15H22N2O3. The molecule has 0 aliphatic carbocycles. The number of ether oxygens (including phenoxy) is 2. The molecule has 0 aromatic heterocycles. The molecule has 0 radical (unpaired) electrons. The van der Waals surface area contributed by atoms with Gasteiger partial charge in [0.15, 0.2) is 11.5 Å². The highest BCUT2D eigenvalue weighted by Crippen LogP contribution is 2.40. The van der Waals surface area contributed by atoms with Crippen LogP contribution in [0.2, 0.25) is 0 Å². The number of rotatable bonds is 4. The van der Waals surface area contributed by atoms with Crippen molar-refractivity contribution in [2.24, 2.45) is 11.1 Å². The lowest BCUT2D eigenvalue weighted by molar-refractivity contribution is -0.124. The molecule has 0 saturated carbocycles. The summed E-state index contributed by atoms with van der Waals surface area (Å²) in [5.41, 5.74) is 5.82.